The van der Waals surface area contributed by atoms with E-state index in [1.165, 1.54) is 7.05 Å². The van der Waals surface area contributed by atoms with Gasteiger partial charge in [-0.25, -0.2) is 12.8 Å². The lowest BCUT2D eigenvalue weighted by Crippen LogP contribution is -2.31. The second-order valence-corrected chi connectivity index (χ2v) is 7.40. The number of carboxylic acids is 1. The summed E-state index contributed by atoms with van der Waals surface area (Å²) >= 11 is 6.05. The monoisotopic (exact) mass is 351 g/mol. The minimum atomic E-state index is -3.97. The van der Waals surface area contributed by atoms with E-state index in [1.54, 1.807) is 0 Å². The number of likely N-dealkylation sites (N-methyl/N-ethyl adjacent to an activating group) is 1. The number of benzene rings is 1. The minimum Gasteiger partial charge on any atom is -0.481 e. The third-order valence-corrected chi connectivity index (χ3v) is 5.64. The average molecular weight is 352 g/mol. The van der Waals surface area contributed by atoms with Crippen LogP contribution in [-0.2, 0) is 26.0 Å². The van der Waals surface area contributed by atoms with Gasteiger partial charge in [-0.1, -0.05) is 11.6 Å². The Bertz CT molecular complexity index is 690. The number of hydrogen-bond acceptors (Lipinski definition) is 4. The van der Waals surface area contributed by atoms with E-state index in [-0.39, 0.29) is 41.0 Å². The second kappa shape index (κ2) is 6.49. The first-order valence-corrected chi connectivity index (χ1v) is 8.31. The number of carboxylic acid groups (broad SMARTS) is 1. The molecule has 0 aromatic heterocycles. The maximum atomic E-state index is 13.7. The Morgan fingerprint density at radius 1 is 1.55 bits per heavy atom. The third-order valence-electron chi connectivity index (χ3n) is 3.24. The molecule has 1 heterocycles. The molecule has 1 aromatic rings. The molecule has 1 fully saturated rings. The lowest BCUT2D eigenvalue weighted by Gasteiger charge is -2.18. The summed E-state index contributed by atoms with van der Waals surface area (Å²) in [6.07, 6.45) is -0.475. The molecule has 0 unspecified atom stereocenters. The SMILES string of the molecule is CN(C[C@H]1CO1)S(=O)(=O)c1cc(F)cc(CCC(=O)O)c1Cl. The Labute approximate surface area is 132 Å². The molecule has 1 saturated heterocycles. The van der Waals surface area contributed by atoms with E-state index in [0.717, 1.165) is 16.4 Å². The quantitative estimate of drug-likeness (QED) is 0.752. The van der Waals surface area contributed by atoms with Gasteiger partial charge in [0, 0.05) is 20.0 Å². The first-order chi connectivity index (χ1) is 10.2. The number of epoxide rings is 1. The topological polar surface area (TPSA) is 87.2 Å². The van der Waals surface area contributed by atoms with E-state index in [9.17, 15) is 17.6 Å². The van der Waals surface area contributed by atoms with E-state index >= 15 is 0 Å². The van der Waals surface area contributed by atoms with Crippen LogP contribution < -0.4 is 0 Å². The summed E-state index contributed by atoms with van der Waals surface area (Å²) < 4.78 is 44.6. The van der Waals surface area contributed by atoms with Gasteiger partial charge in [-0.3, -0.25) is 4.79 Å². The van der Waals surface area contributed by atoms with Gasteiger partial charge in [0.1, 0.15) is 10.7 Å². The predicted octanol–water partition coefficient (Wildman–Crippen LogP) is 1.52. The summed E-state index contributed by atoms with van der Waals surface area (Å²) in [5.74, 6) is -1.85. The molecule has 0 amide bonds. The van der Waals surface area contributed by atoms with Crippen molar-refractivity contribution in [3.8, 4) is 0 Å². The summed E-state index contributed by atoms with van der Waals surface area (Å²) in [6.45, 7) is 0.639. The second-order valence-electron chi connectivity index (χ2n) is 5.01. The van der Waals surface area contributed by atoms with Gasteiger partial charge in [0.25, 0.3) is 0 Å². The fourth-order valence-corrected chi connectivity index (χ4v) is 3.77. The summed E-state index contributed by atoms with van der Waals surface area (Å²) in [6, 6.07) is 1.89. The Morgan fingerprint density at radius 3 is 2.73 bits per heavy atom. The van der Waals surface area contributed by atoms with Gasteiger partial charge in [0.15, 0.2) is 0 Å². The van der Waals surface area contributed by atoms with Crippen LogP contribution in [0.25, 0.3) is 0 Å². The fraction of sp³-hybridized carbons (Fsp3) is 0.462. The van der Waals surface area contributed by atoms with Crippen molar-refractivity contribution in [2.24, 2.45) is 0 Å². The van der Waals surface area contributed by atoms with Gasteiger partial charge >= 0.3 is 5.97 Å². The highest BCUT2D eigenvalue weighted by atomic mass is 35.5. The van der Waals surface area contributed by atoms with Gasteiger partial charge in [0.2, 0.25) is 10.0 Å². The molecule has 2 rings (SSSR count). The van der Waals surface area contributed by atoms with E-state index in [0.29, 0.717) is 6.61 Å². The normalized spacial score (nSPS) is 17.7. The maximum Gasteiger partial charge on any atom is 0.303 e. The Balaban J connectivity index is 2.34. The number of rotatable bonds is 7. The number of aryl methyl sites for hydroxylation is 1. The number of nitrogens with zero attached hydrogens (tertiary/aromatic N) is 1. The molecule has 1 aliphatic rings. The number of hydrogen-bond donors (Lipinski definition) is 1. The molecule has 1 aromatic carbocycles. The first kappa shape index (κ1) is 17.1. The van der Waals surface area contributed by atoms with E-state index < -0.39 is 21.8 Å². The van der Waals surface area contributed by atoms with Gasteiger partial charge < -0.3 is 9.84 Å². The largest absolute Gasteiger partial charge is 0.481 e. The van der Waals surface area contributed by atoms with Crippen LogP contribution in [0.5, 0.6) is 0 Å². The summed E-state index contributed by atoms with van der Waals surface area (Å²) in [5.41, 5.74) is 0.152. The zero-order valence-corrected chi connectivity index (χ0v) is 13.3. The van der Waals surface area contributed by atoms with Crippen LogP contribution in [-0.4, -0.2) is 50.1 Å². The summed E-state index contributed by atoms with van der Waals surface area (Å²) in [4.78, 5) is 10.2. The van der Waals surface area contributed by atoms with Gasteiger partial charge in [-0.15, -0.1) is 0 Å². The molecule has 0 aliphatic carbocycles. The smallest absolute Gasteiger partial charge is 0.303 e. The van der Waals surface area contributed by atoms with Gasteiger partial charge in [0.05, 0.1) is 17.7 Å². The number of halogens is 2. The predicted molar refractivity (Wildman–Crippen MR) is 76.9 cm³/mol. The molecule has 122 valence electrons. The molecule has 9 heteroatoms. The molecule has 1 aliphatic heterocycles. The molecule has 22 heavy (non-hydrogen) atoms. The molecule has 1 N–H and O–H groups in total. The van der Waals surface area contributed by atoms with Crippen molar-refractivity contribution in [2.75, 3.05) is 20.2 Å². The van der Waals surface area contributed by atoms with Crippen molar-refractivity contribution in [3.63, 3.8) is 0 Å². The molecular formula is C13H15ClFNO5S. The maximum absolute atomic E-state index is 13.7. The van der Waals surface area contributed by atoms with Crippen molar-refractivity contribution < 1.29 is 27.4 Å². The zero-order valence-electron chi connectivity index (χ0n) is 11.8. The van der Waals surface area contributed by atoms with Crippen LogP contribution in [0.4, 0.5) is 4.39 Å². The van der Waals surface area contributed by atoms with E-state index in [1.807, 2.05) is 0 Å². The Hall–Kier alpha value is -1.22. The van der Waals surface area contributed by atoms with Gasteiger partial charge in [-0.2, -0.15) is 4.31 Å². The van der Waals surface area contributed by atoms with Crippen LogP contribution in [0.2, 0.25) is 5.02 Å². The van der Waals surface area contributed by atoms with E-state index in [2.05, 4.69) is 0 Å². The average Bonchev–Trinajstić information content (AvgIpc) is 3.22. The van der Waals surface area contributed by atoms with Crippen molar-refractivity contribution in [1.29, 1.82) is 0 Å². The van der Waals surface area contributed by atoms with Gasteiger partial charge in [-0.05, 0) is 24.1 Å². The molecule has 6 nitrogen and oxygen atoms in total. The van der Waals surface area contributed by atoms with Crippen LogP contribution in [0.15, 0.2) is 17.0 Å². The highest BCUT2D eigenvalue weighted by Gasteiger charge is 2.32. The number of ether oxygens (including phenoxy) is 1. The van der Waals surface area contributed by atoms with Crippen LogP contribution >= 0.6 is 11.6 Å². The van der Waals surface area contributed by atoms with Crippen LogP contribution in [0.3, 0.4) is 0 Å². The Morgan fingerprint density at radius 2 is 2.18 bits per heavy atom. The lowest BCUT2D eigenvalue weighted by molar-refractivity contribution is -0.136. The summed E-state index contributed by atoms with van der Waals surface area (Å²) in [7, 11) is -2.62. The molecule has 0 spiro atoms. The van der Waals surface area contributed by atoms with E-state index in [4.69, 9.17) is 21.4 Å². The fourth-order valence-electron chi connectivity index (χ4n) is 1.96. The summed E-state index contributed by atoms with van der Waals surface area (Å²) in [5, 5.41) is 8.53. The highest BCUT2D eigenvalue weighted by Crippen LogP contribution is 2.30. The third kappa shape index (κ3) is 3.95. The van der Waals surface area contributed by atoms with Crippen molar-refractivity contribution in [2.45, 2.75) is 23.8 Å². The van der Waals surface area contributed by atoms with Crippen molar-refractivity contribution in [1.82, 2.24) is 4.31 Å². The number of sulfonamides is 1. The lowest BCUT2D eigenvalue weighted by atomic mass is 10.1. The van der Waals surface area contributed by atoms with Crippen molar-refractivity contribution in [3.05, 3.63) is 28.5 Å². The molecule has 0 bridgehead atoms. The molecule has 0 saturated carbocycles. The zero-order chi connectivity index (χ0) is 16.5. The molecule has 0 radical (unpaired) electrons. The first-order valence-electron chi connectivity index (χ1n) is 6.49. The minimum absolute atomic E-state index is 0.0517. The highest BCUT2D eigenvalue weighted by molar-refractivity contribution is 7.89. The van der Waals surface area contributed by atoms with Crippen LogP contribution in [0, 0.1) is 5.82 Å². The number of aliphatic carboxylic acids is 1. The molecular weight excluding hydrogens is 337 g/mol. The standard InChI is InChI=1S/C13H15ClFNO5S/c1-16(6-10-7-21-10)22(19,20)11-5-9(15)4-8(13(11)14)2-3-12(17)18/h4-5,10H,2-3,6-7H2,1H3,(H,17,18)/t10-/m0/s1. The molecule has 1 atom stereocenters. The van der Waals surface area contributed by atoms with Crippen molar-refractivity contribution >= 4 is 27.6 Å². The van der Waals surface area contributed by atoms with Crippen LogP contribution in [0.1, 0.15) is 12.0 Å². The number of carbonyl (C=O) groups is 1. The Kier molecular flexibility index (Phi) is 5.06.